The van der Waals surface area contributed by atoms with Gasteiger partial charge in [-0.15, -0.1) is 11.3 Å². The van der Waals surface area contributed by atoms with Crippen molar-refractivity contribution in [1.82, 2.24) is 5.32 Å². The first kappa shape index (κ1) is 13.4. The lowest BCUT2D eigenvalue weighted by molar-refractivity contribution is -0.156. The molecule has 0 saturated heterocycles. The second kappa shape index (κ2) is 5.63. The zero-order valence-corrected chi connectivity index (χ0v) is 10.4. The number of nitrogens with one attached hydrogen (secondary N) is 1. The van der Waals surface area contributed by atoms with Gasteiger partial charge in [-0.05, 0) is 25.5 Å². The van der Waals surface area contributed by atoms with E-state index in [-0.39, 0.29) is 6.54 Å². The van der Waals surface area contributed by atoms with Crippen molar-refractivity contribution in [2.45, 2.75) is 18.9 Å². The van der Waals surface area contributed by atoms with Gasteiger partial charge in [-0.25, -0.2) is 4.79 Å². The lowest BCUT2D eigenvalue weighted by Gasteiger charge is -2.18. The molecule has 1 aromatic heterocycles. The Kier molecular flexibility index (Phi) is 4.73. The normalized spacial score (nSPS) is 14.7. The standard InChI is InChI=1S/C10H14ClNO3S/c1-10(15,9(13)14)6-12-5-4-7-2-3-8(11)16-7/h2-3,12,15H,4-6H2,1H3,(H,13,14). The highest BCUT2D eigenvalue weighted by Gasteiger charge is 2.28. The summed E-state index contributed by atoms with van der Waals surface area (Å²) in [6, 6.07) is 3.76. The number of carboxylic acids is 1. The topological polar surface area (TPSA) is 69.6 Å². The fraction of sp³-hybridized carbons (Fsp3) is 0.500. The van der Waals surface area contributed by atoms with Gasteiger partial charge in [-0.3, -0.25) is 0 Å². The summed E-state index contributed by atoms with van der Waals surface area (Å²) in [7, 11) is 0. The molecule has 4 nitrogen and oxygen atoms in total. The molecule has 1 heterocycles. The molecule has 0 spiro atoms. The zero-order valence-electron chi connectivity index (χ0n) is 8.86. The van der Waals surface area contributed by atoms with E-state index < -0.39 is 11.6 Å². The van der Waals surface area contributed by atoms with Crippen LogP contribution in [0.1, 0.15) is 11.8 Å². The highest BCUT2D eigenvalue weighted by atomic mass is 35.5. The Morgan fingerprint density at radius 2 is 2.31 bits per heavy atom. The van der Waals surface area contributed by atoms with Gasteiger partial charge in [0.2, 0.25) is 0 Å². The Balaban J connectivity index is 2.24. The molecule has 16 heavy (non-hydrogen) atoms. The molecule has 1 aromatic rings. The Morgan fingerprint density at radius 1 is 1.62 bits per heavy atom. The largest absolute Gasteiger partial charge is 0.479 e. The molecule has 1 atom stereocenters. The zero-order chi connectivity index (χ0) is 12.2. The van der Waals surface area contributed by atoms with Crippen molar-refractivity contribution in [1.29, 1.82) is 0 Å². The summed E-state index contributed by atoms with van der Waals surface area (Å²) in [4.78, 5) is 11.7. The molecule has 0 radical (unpaired) electrons. The monoisotopic (exact) mass is 263 g/mol. The molecule has 90 valence electrons. The molecule has 1 rings (SSSR count). The minimum atomic E-state index is -1.72. The first-order valence-electron chi connectivity index (χ1n) is 4.82. The number of aliphatic hydroxyl groups is 1. The van der Waals surface area contributed by atoms with Gasteiger partial charge in [0.05, 0.1) is 4.34 Å². The van der Waals surface area contributed by atoms with Crippen molar-refractivity contribution in [2.75, 3.05) is 13.1 Å². The van der Waals surface area contributed by atoms with Crippen LogP contribution in [0.5, 0.6) is 0 Å². The van der Waals surface area contributed by atoms with E-state index in [1.54, 1.807) is 0 Å². The fourth-order valence-corrected chi connectivity index (χ4v) is 2.19. The Hall–Kier alpha value is -0.620. The molecule has 0 amide bonds. The third kappa shape index (κ3) is 4.09. The van der Waals surface area contributed by atoms with Crippen LogP contribution in [0.3, 0.4) is 0 Å². The molecule has 6 heteroatoms. The van der Waals surface area contributed by atoms with Crippen LogP contribution in [0.2, 0.25) is 4.34 Å². The van der Waals surface area contributed by atoms with Crippen LogP contribution in [-0.2, 0) is 11.2 Å². The number of hydrogen-bond donors (Lipinski definition) is 3. The lowest BCUT2D eigenvalue weighted by atomic mass is 10.1. The predicted octanol–water partition coefficient (Wildman–Crippen LogP) is 1.37. The van der Waals surface area contributed by atoms with Crippen LogP contribution in [0.25, 0.3) is 0 Å². The van der Waals surface area contributed by atoms with Crippen LogP contribution in [0.15, 0.2) is 12.1 Å². The maximum atomic E-state index is 10.6. The van der Waals surface area contributed by atoms with Gasteiger partial charge >= 0.3 is 5.97 Å². The number of carbonyl (C=O) groups is 1. The van der Waals surface area contributed by atoms with Gasteiger partial charge in [-0.1, -0.05) is 11.6 Å². The number of thiophene rings is 1. The van der Waals surface area contributed by atoms with Crippen LogP contribution in [0, 0.1) is 0 Å². The summed E-state index contributed by atoms with van der Waals surface area (Å²) in [5.41, 5.74) is -1.72. The number of rotatable bonds is 6. The summed E-state index contributed by atoms with van der Waals surface area (Å²) >= 11 is 7.27. The number of carboxylic acid groups (broad SMARTS) is 1. The quantitative estimate of drug-likeness (QED) is 0.678. The van der Waals surface area contributed by atoms with Gasteiger partial charge < -0.3 is 15.5 Å². The molecule has 0 fully saturated rings. The summed E-state index contributed by atoms with van der Waals surface area (Å²) in [5, 5.41) is 21.0. The van der Waals surface area contributed by atoms with Crippen molar-refractivity contribution in [2.24, 2.45) is 0 Å². The smallest absolute Gasteiger partial charge is 0.336 e. The van der Waals surface area contributed by atoms with Crippen LogP contribution in [0.4, 0.5) is 0 Å². The molecular weight excluding hydrogens is 250 g/mol. The second-order valence-corrected chi connectivity index (χ2v) is 5.51. The average molecular weight is 264 g/mol. The van der Waals surface area contributed by atoms with E-state index in [4.69, 9.17) is 16.7 Å². The second-order valence-electron chi connectivity index (χ2n) is 3.71. The highest BCUT2D eigenvalue weighted by Crippen LogP contribution is 2.21. The Labute approximate surface area is 103 Å². The minimum Gasteiger partial charge on any atom is -0.479 e. The first-order chi connectivity index (χ1) is 7.42. The number of aliphatic carboxylic acids is 1. The molecule has 0 saturated carbocycles. The van der Waals surface area contributed by atoms with Crippen LogP contribution in [-0.4, -0.2) is 34.9 Å². The van der Waals surface area contributed by atoms with E-state index in [0.717, 1.165) is 15.6 Å². The van der Waals surface area contributed by atoms with Gasteiger partial charge in [0.15, 0.2) is 5.60 Å². The van der Waals surface area contributed by atoms with Gasteiger partial charge in [-0.2, -0.15) is 0 Å². The number of halogens is 1. The Morgan fingerprint density at radius 3 is 2.81 bits per heavy atom. The summed E-state index contributed by atoms with van der Waals surface area (Å²) in [5.74, 6) is -1.22. The van der Waals surface area contributed by atoms with Crippen LogP contribution >= 0.6 is 22.9 Å². The van der Waals surface area contributed by atoms with Gasteiger partial charge in [0, 0.05) is 18.0 Å². The molecule has 0 aliphatic rings. The molecule has 0 aliphatic heterocycles. The lowest BCUT2D eigenvalue weighted by Crippen LogP contribution is -2.45. The van der Waals surface area contributed by atoms with E-state index in [0.29, 0.717) is 6.54 Å². The van der Waals surface area contributed by atoms with Crippen molar-refractivity contribution in [3.05, 3.63) is 21.3 Å². The van der Waals surface area contributed by atoms with Crippen LogP contribution < -0.4 is 5.32 Å². The summed E-state index contributed by atoms with van der Waals surface area (Å²) in [6.07, 6.45) is 0.771. The van der Waals surface area contributed by atoms with Crippen molar-refractivity contribution >= 4 is 28.9 Å². The van der Waals surface area contributed by atoms with E-state index in [1.807, 2.05) is 12.1 Å². The molecule has 0 aromatic carbocycles. The molecule has 0 aliphatic carbocycles. The Bertz CT molecular complexity index is 365. The highest BCUT2D eigenvalue weighted by molar-refractivity contribution is 7.16. The van der Waals surface area contributed by atoms with Crippen molar-refractivity contribution < 1.29 is 15.0 Å². The molecule has 3 N–H and O–H groups in total. The van der Waals surface area contributed by atoms with E-state index in [1.165, 1.54) is 18.3 Å². The minimum absolute atomic E-state index is 0.0292. The predicted molar refractivity (Wildman–Crippen MR) is 64.2 cm³/mol. The van der Waals surface area contributed by atoms with Gasteiger partial charge in [0.25, 0.3) is 0 Å². The third-order valence-corrected chi connectivity index (χ3v) is 3.40. The molecule has 1 unspecified atom stereocenters. The third-order valence-electron chi connectivity index (χ3n) is 2.11. The first-order valence-corrected chi connectivity index (χ1v) is 6.02. The summed E-state index contributed by atoms with van der Waals surface area (Å²) in [6.45, 7) is 1.91. The van der Waals surface area contributed by atoms with Gasteiger partial charge in [0.1, 0.15) is 0 Å². The maximum absolute atomic E-state index is 10.6. The molecular formula is C10H14ClNO3S. The average Bonchev–Trinajstić information content (AvgIpc) is 2.59. The maximum Gasteiger partial charge on any atom is 0.336 e. The van der Waals surface area contributed by atoms with Crippen molar-refractivity contribution in [3.63, 3.8) is 0 Å². The SMILES string of the molecule is CC(O)(CNCCc1ccc(Cl)s1)C(=O)O. The van der Waals surface area contributed by atoms with E-state index >= 15 is 0 Å². The van der Waals surface area contributed by atoms with E-state index in [2.05, 4.69) is 5.32 Å². The van der Waals surface area contributed by atoms with Crippen molar-refractivity contribution in [3.8, 4) is 0 Å². The van der Waals surface area contributed by atoms with E-state index in [9.17, 15) is 9.90 Å². The number of hydrogen-bond acceptors (Lipinski definition) is 4. The molecule has 0 bridgehead atoms. The summed E-state index contributed by atoms with van der Waals surface area (Å²) < 4.78 is 0.743. The fourth-order valence-electron chi connectivity index (χ4n) is 1.11.